The summed E-state index contributed by atoms with van der Waals surface area (Å²) in [6, 6.07) is 0.192. The van der Waals surface area contributed by atoms with Crippen LogP contribution in [0.3, 0.4) is 0 Å². The maximum absolute atomic E-state index is 11.9. The van der Waals surface area contributed by atoms with Gasteiger partial charge >= 0.3 is 11.7 Å². The molecule has 1 fully saturated rings. The third-order valence-electron chi connectivity index (χ3n) is 3.37. The maximum atomic E-state index is 11.9. The first-order valence-corrected chi connectivity index (χ1v) is 6.90. The fourth-order valence-corrected chi connectivity index (χ4v) is 1.89. The molecular formula is C12H20N4O3. The zero-order valence-electron chi connectivity index (χ0n) is 11.2. The van der Waals surface area contributed by atoms with Gasteiger partial charge in [-0.1, -0.05) is 13.3 Å². The fourth-order valence-electron chi connectivity index (χ4n) is 1.89. The Kier molecular flexibility index (Phi) is 4.70. The highest BCUT2D eigenvalue weighted by molar-refractivity contribution is 5.69. The van der Waals surface area contributed by atoms with Crippen molar-refractivity contribution in [1.29, 1.82) is 0 Å². The molecule has 7 heteroatoms. The number of aromatic nitrogens is 4. The highest BCUT2D eigenvalue weighted by Gasteiger charge is 2.23. The number of unbranched alkanes of at least 4 members (excludes halogenated alkanes) is 1. The van der Waals surface area contributed by atoms with Gasteiger partial charge in [-0.15, -0.1) is 0 Å². The minimum Gasteiger partial charge on any atom is -0.466 e. The van der Waals surface area contributed by atoms with Crippen molar-refractivity contribution in [2.45, 2.75) is 58.0 Å². The summed E-state index contributed by atoms with van der Waals surface area (Å²) in [5.74, 6) is -0.293. The van der Waals surface area contributed by atoms with Crippen molar-refractivity contribution in [1.82, 2.24) is 19.8 Å². The minimum absolute atomic E-state index is 0.160. The average molecular weight is 268 g/mol. The quantitative estimate of drug-likeness (QED) is 0.542. The van der Waals surface area contributed by atoms with Crippen molar-refractivity contribution in [3.8, 4) is 0 Å². The minimum atomic E-state index is -0.293. The van der Waals surface area contributed by atoms with Crippen LogP contribution >= 0.6 is 0 Å². The molecule has 1 heterocycles. The average Bonchev–Trinajstić information content (AvgIpc) is 2.67. The molecule has 7 nitrogen and oxygen atoms in total. The highest BCUT2D eigenvalue weighted by atomic mass is 16.5. The monoisotopic (exact) mass is 268 g/mol. The Morgan fingerprint density at radius 1 is 1.42 bits per heavy atom. The third kappa shape index (κ3) is 3.42. The van der Waals surface area contributed by atoms with Crippen LogP contribution in [0.2, 0.25) is 0 Å². The summed E-state index contributed by atoms with van der Waals surface area (Å²) in [4.78, 5) is 23.3. The number of hydrogen-bond donors (Lipinski definition) is 0. The lowest BCUT2D eigenvalue weighted by Crippen LogP contribution is -2.32. The van der Waals surface area contributed by atoms with Gasteiger partial charge in [-0.3, -0.25) is 4.79 Å². The third-order valence-corrected chi connectivity index (χ3v) is 3.37. The number of hydrogen-bond acceptors (Lipinski definition) is 5. The molecule has 106 valence electrons. The predicted octanol–water partition coefficient (Wildman–Crippen LogP) is 0.898. The predicted molar refractivity (Wildman–Crippen MR) is 67.7 cm³/mol. The van der Waals surface area contributed by atoms with E-state index in [9.17, 15) is 9.59 Å². The summed E-state index contributed by atoms with van der Waals surface area (Å²) in [5.41, 5.74) is -0.231. The molecule has 1 aromatic rings. The van der Waals surface area contributed by atoms with Crippen molar-refractivity contribution in [2.75, 3.05) is 6.61 Å². The lowest BCUT2D eigenvalue weighted by atomic mass is 9.93. The molecule has 0 unspecified atom stereocenters. The smallest absolute Gasteiger partial charge is 0.363 e. The van der Waals surface area contributed by atoms with Gasteiger partial charge in [-0.2, -0.15) is 9.36 Å². The molecule has 0 amide bonds. The zero-order valence-corrected chi connectivity index (χ0v) is 11.2. The molecule has 1 aliphatic rings. The van der Waals surface area contributed by atoms with E-state index in [1.165, 1.54) is 9.36 Å². The lowest BCUT2D eigenvalue weighted by molar-refractivity contribution is -0.144. The van der Waals surface area contributed by atoms with E-state index >= 15 is 0 Å². The van der Waals surface area contributed by atoms with E-state index in [-0.39, 0.29) is 30.7 Å². The van der Waals surface area contributed by atoms with Crippen LogP contribution in [-0.4, -0.2) is 32.4 Å². The summed E-state index contributed by atoms with van der Waals surface area (Å²) in [5, 5.41) is 7.65. The molecular weight excluding hydrogens is 248 g/mol. The Bertz CT molecular complexity index is 476. The maximum Gasteiger partial charge on any atom is 0.363 e. The topological polar surface area (TPSA) is 79.0 Å². The highest BCUT2D eigenvalue weighted by Crippen LogP contribution is 2.28. The number of ether oxygens (including phenoxy) is 1. The van der Waals surface area contributed by atoms with Gasteiger partial charge in [0.2, 0.25) is 0 Å². The largest absolute Gasteiger partial charge is 0.466 e. The Labute approximate surface area is 111 Å². The number of carbonyl (C=O) groups is 1. The molecule has 0 saturated heterocycles. The Hall–Kier alpha value is -1.66. The van der Waals surface area contributed by atoms with Crippen LogP contribution in [0.1, 0.15) is 51.5 Å². The lowest BCUT2D eigenvalue weighted by Gasteiger charge is -2.23. The molecule has 1 saturated carbocycles. The second-order valence-electron chi connectivity index (χ2n) is 4.84. The van der Waals surface area contributed by atoms with Gasteiger partial charge in [0, 0.05) is 0 Å². The van der Waals surface area contributed by atoms with Gasteiger partial charge in [-0.05, 0) is 36.1 Å². The zero-order chi connectivity index (χ0) is 13.7. The van der Waals surface area contributed by atoms with E-state index < -0.39 is 0 Å². The number of carbonyl (C=O) groups excluding carboxylic acids is 1. The Balaban J connectivity index is 1.81. The number of nitrogens with zero attached hydrogens (tertiary/aromatic N) is 4. The number of rotatable bonds is 7. The van der Waals surface area contributed by atoms with Crippen LogP contribution in [0, 0.1) is 0 Å². The Morgan fingerprint density at radius 3 is 2.84 bits per heavy atom. The van der Waals surface area contributed by atoms with Crippen LogP contribution < -0.4 is 5.69 Å². The summed E-state index contributed by atoms with van der Waals surface area (Å²) in [6.45, 7) is 2.71. The van der Waals surface area contributed by atoms with E-state index in [1.54, 1.807) is 0 Å². The fraction of sp³-hybridized carbons (Fsp3) is 0.833. The SMILES string of the molecule is CCCCOC(=O)CCn1nnn(C2CCC2)c1=O. The number of esters is 1. The molecule has 1 aliphatic carbocycles. The van der Waals surface area contributed by atoms with Crippen LogP contribution in [0.25, 0.3) is 0 Å². The van der Waals surface area contributed by atoms with Gasteiger partial charge in [-0.25, -0.2) is 4.79 Å². The molecule has 19 heavy (non-hydrogen) atoms. The van der Waals surface area contributed by atoms with Crippen molar-refractivity contribution in [3.05, 3.63) is 10.5 Å². The summed E-state index contributed by atoms with van der Waals surface area (Å²) < 4.78 is 7.68. The first kappa shape index (κ1) is 13.8. The molecule has 2 rings (SSSR count). The molecule has 0 radical (unpaired) electrons. The Morgan fingerprint density at radius 2 is 2.21 bits per heavy atom. The summed E-state index contributed by atoms with van der Waals surface area (Å²) >= 11 is 0. The molecule has 0 aromatic carbocycles. The van der Waals surface area contributed by atoms with Gasteiger partial charge < -0.3 is 4.74 Å². The standard InChI is InChI=1S/C12H20N4O3/c1-2-3-9-19-11(17)7-8-15-12(18)16(14-13-15)10-5-4-6-10/h10H,2-9H2,1H3. The normalized spacial score (nSPS) is 15.2. The van der Waals surface area contributed by atoms with E-state index in [0.29, 0.717) is 6.61 Å². The van der Waals surface area contributed by atoms with Crippen LogP contribution in [-0.2, 0) is 16.1 Å². The number of aryl methyl sites for hydroxylation is 1. The van der Waals surface area contributed by atoms with Gasteiger partial charge in [0.25, 0.3) is 0 Å². The van der Waals surface area contributed by atoms with Crippen molar-refractivity contribution in [2.24, 2.45) is 0 Å². The second kappa shape index (κ2) is 6.49. The molecule has 0 atom stereocenters. The van der Waals surface area contributed by atoms with E-state index in [1.807, 2.05) is 6.92 Å². The second-order valence-corrected chi connectivity index (χ2v) is 4.84. The summed E-state index contributed by atoms with van der Waals surface area (Å²) in [6.07, 6.45) is 5.11. The van der Waals surface area contributed by atoms with Crippen molar-refractivity contribution >= 4 is 5.97 Å². The first-order valence-electron chi connectivity index (χ1n) is 6.90. The first-order chi connectivity index (χ1) is 9.22. The molecule has 0 spiro atoms. The molecule has 0 bridgehead atoms. The summed E-state index contributed by atoms with van der Waals surface area (Å²) in [7, 11) is 0. The van der Waals surface area contributed by atoms with Gasteiger partial charge in [0.05, 0.1) is 25.6 Å². The van der Waals surface area contributed by atoms with Crippen molar-refractivity contribution < 1.29 is 9.53 Å². The van der Waals surface area contributed by atoms with Crippen molar-refractivity contribution in [3.63, 3.8) is 0 Å². The van der Waals surface area contributed by atoms with Crippen LogP contribution in [0.15, 0.2) is 4.79 Å². The molecule has 0 N–H and O–H groups in total. The number of tetrazole rings is 1. The van der Waals surface area contributed by atoms with Crippen LogP contribution in [0.4, 0.5) is 0 Å². The van der Waals surface area contributed by atoms with Crippen LogP contribution in [0.5, 0.6) is 0 Å². The molecule has 0 aliphatic heterocycles. The van der Waals surface area contributed by atoms with E-state index in [4.69, 9.17) is 4.74 Å². The van der Waals surface area contributed by atoms with E-state index in [2.05, 4.69) is 10.4 Å². The molecule has 1 aromatic heterocycles. The van der Waals surface area contributed by atoms with Gasteiger partial charge in [0.15, 0.2) is 0 Å². The van der Waals surface area contributed by atoms with E-state index in [0.717, 1.165) is 32.1 Å². The van der Waals surface area contributed by atoms with Gasteiger partial charge in [0.1, 0.15) is 0 Å².